The molecule has 0 spiro atoms. The first-order valence-corrected chi connectivity index (χ1v) is 7.18. The summed E-state index contributed by atoms with van der Waals surface area (Å²) in [5.41, 5.74) is 6.21. The van der Waals surface area contributed by atoms with Crippen LogP contribution in [0.15, 0.2) is 28.2 Å². The fourth-order valence-corrected chi connectivity index (χ4v) is 2.16. The second-order valence-electron chi connectivity index (χ2n) is 4.19. The molecule has 0 aliphatic carbocycles. The molecule has 108 valence electrons. The second-order valence-corrected chi connectivity index (χ2v) is 5.08. The van der Waals surface area contributed by atoms with Gasteiger partial charge in [-0.15, -0.1) is 11.3 Å². The average Bonchev–Trinajstić information content (AvgIpc) is 3.05. The number of ether oxygens (including phenoxy) is 1. The number of anilines is 1. The van der Waals surface area contributed by atoms with Crippen LogP contribution in [0.4, 0.5) is 5.13 Å². The zero-order valence-corrected chi connectivity index (χ0v) is 11.8. The molecule has 0 unspecified atom stereocenters. The van der Waals surface area contributed by atoms with Crippen molar-refractivity contribution in [1.82, 2.24) is 10.3 Å². The highest BCUT2D eigenvalue weighted by Gasteiger charge is 2.05. The minimum Gasteiger partial charge on any atom is -0.467 e. The number of hydrogen-bond acceptors (Lipinski definition) is 6. The molecule has 0 atom stereocenters. The maximum atomic E-state index is 11.6. The number of rotatable bonds is 8. The number of carbonyl (C=O) groups excluding carboxylic acids is 1. The van der Waals surface area contributed by atoms with Crippen LogP contribution in [-0.2, 0) is 22.6 Å². The van der Waals surface area contributed by atoms with E-state index in [1.165, 1.54) is 11.3 Å². The van der Waals surface area contributed by atoms with Crippen molar-refractivity contribution in [2.75, 3.05) is 18.9 Å². The van der Waals surface area contributed by atoms with Crippen molar-refractivity contribution in [2.24, 2.45) is 0 Å². The smallest absolute Gasteiger partial charge is 0.226 e. The minimum absolute atomic E-state index is 0.0543. The first-order chi connectivity index (χ1) is 9.74. The zero-order chi connectivity index (χ0) is 14.2. The van der Waals surface area contributed by atoms with Crippen LogP contribution in [0.3, 0.4) is 0 Å². The highest BCUT2D eigenvalue weighted by Crippen LogP contribution is 2.11. The molecule has 0 radical (unpaired) electrons. The van der Waals surface area contributed by atoms with Crippen LogP contribution in [0, 0.1) is 0 Å². The van der Waals surface area contributed by atoms with E-state index >= 15 is 0 Å². The number of thiazole rings is 1. The topological polar surface area (TPSA) is 90.4 Å². The first kappa shape index (κ1) is 14.5. The van der Waals surface area contributed by atoms with Crippen molar-refractivity contribution in [1.29, 1.82) is 0 Å². The van der Waals surface area contributed by atoms with E-state index in [0.29, 0.717) is 30.6 Å². The SMILES string of the molecule is Nc1nc(CC(=O)NCCCOCc2ccco2)cs1. The van der Waals surface area contributed by atoms with Gasteiger partial charge in [-0.2, -0.15) is 0 Å². The van der Waals surface area contributed by atoms with Gasteiger partial charge in [0.1, 0.15) is 12.4 Å². The third-order valence-corrected chi connectivity index (χ3v) is 3.25. The summed E-state index contributed by atoms with van der Waals surface area (Å²) in [4.78, 5) is 15.6. The van der Waals surface area contributed by atoms with E-state index in [2.05, 4.69) is 10.3 Å². The Labute approximate surface area is 120 Å². The molecule has 0 aliphatic rings. The van der Waals surface area contributed by atoms with E-state index < -0.39 is 0 Å². The summed E-state index contributed by atoms with van der Waals surface area (Å²) in [5, 5.41) is 5.09. The lowest BCUT2D eigenvalue weighted by Gasteiger charge is -2.04. The summed E-state index contributed by atoms with van der Waals surface area (Å²) in [6.07, 6.45) is 2.64. The molecule has 0 saturated carbocycles. The Balaban J connectivity index is 1.51. The molecule has 2 rings (SSSR count). The van der Waals surface area contributed by atoms with E-state index in [9.17, 15) is 4.79 Å². The van der Waals surface area contributed by atoms with Gasteiger partial charge in [-0.3, -0.25) is 4.79 Å². The highest BCUT2D eigenvalue weighted by atomic mass is 32.1. The summed E-state index contributed by atoms with van der Waals surface area (Å²) >= 11 is 1.34. The highest BCUT2D eigenvalue weighted by molar-refractivity contribution is 7.13. The molecule has 0 aromatic carbocycles. The quantitative estimate of drug-likeness (QED) is 0.722. The van der Waals surface area contributed by atoms with Gasteiger partial charge in [0, 0.05) is 18.5 Å². The predicted molar refractivity (Wildman–Crippen MR) is 76.2 cm³/mol. The fourth-order valence-electron chi connectivity index (χ4n) is 1.60. The Morgan fingerprint density at radius 1 is 1.55 bits per heavy atom. The Kier molecular flexibility index (Phi) is 5.57. The van der Waals surface area contributed by atoms with Crippen LogP contribution in [0.1, 0.15) is 17.9 Å². The third kappa shape index (κ3) is 5.02. The third-order valence-electron chi connectivity index (χ3n) is 2.52. The Morgan fingerprint density at radius 3 is 3.15 bits per heavy atom. The molecule has 2 aromatic heterocycles. The van der Waals surface area contributed by atoms with Crippen LogP contribution in [0.2, 0.25) is 0 Å². The van der Waals surface area contributed by atoms with Crippen LogP contribution in [-0.4, -0.2) is 24.0 Å². The number of nitrogens with one attached hydrogen (secondary N) is 1. The maximum absolute atomic E-state index is 11.6. The Morgan fingerprint density at radius 2 is 2.45 bits per heavy atom. The molecule has 2 aromatic rings. The number of hydrogen-bond donors (Lipinski definition) is 2. The predicted octanol–water partition coefficient (Wildman–Crippen LogP) is 1.58. The van der Waals surface area contributed by atoms with Gasteiger partial charge < -0.3 is 20.2 Å². The molecule has 0 saturated heterocycles. The molecule has 7 heteroatoms. The summed E-state index contributed by atoms with van der Waals surface area (Å²) in [5.74, 6) is 0.747. The van der Waals surface area contributed by atoms with Crippen LogP contribution in [0.5, 0.6) is 0 Å². The summed E-state index contributed by atoms with van der Waals surface area (Å²) in [7, 11) is 0. The first-order valence-electron chi connectivity index (χ1n) is 6.31. The van der Waals surface area contributed by atoms with Gasteiger partial charge in [-0.05, 0) is 18.6 Å². The molecule has 2 heterocycles. The van der Waals surface area contributed by atoms with Gasteiger partial charge in [0.25, 0.3) is 0 Å². The number of furan rings is 1. The van der Waals surface area contributed by atoms with E-state index in [1.54, 1.807) is 11.6 Å². The van der Waals surface area contributed by atoms with Gasteiger partial charge in [-0.1, -0.05) is 0 Å². The van der Waals surface area contributed by atoms with Crippen LogP contribution < -0.4 is 11.1 Å². The summed E-state index contributed by atoms with van der Waals surface area (Å²) < 4.78 is 10.5. The van der Waals surface area contributed by atoms with Gasteiger partial charge in [0.2, 0.25) is 5.91 Å². The lowest BCUT2D eigenvalue weighted by molar-refractivity contribution is -0.120. The number of nitrogen functional groups attached to an aromatic ring is 1. The van der Waals surface area contributed by atoms with Crippen molar-refractivity contribution >= 4 is 22.4 Å². The lowest BCUT2D eigenvalue weighted by Crippen LogP contribution is -2.26. The fraction of sp³-hybridized carbons (Fsp3) is 0.385. The largest absolute Gasteiger partial charge is 0.467 e. The van der Waals surface area contributed by atoms with E-state index in [4.69, 9.17) is 14.9 Å². The number of carbonyl (C=O) groups is 1. The number of nitrogens with zero attached hydrogens (tertiary/aromatic N) is 1. The molecule has 0 bridgehead atoms. The summed E-state index contributed by atoms with van der Waals surface area (Å²) in [6.45, 7) is 1.61. The number of nitrogens with two attached hydrogens (primary N) is 1. The molecule has 6 nitrogen and oxygen atoms in total. The lowest BCUT2D eigenvalue weighted by atomic mass is 10.3. The van der Waals surface area contributed by atoms with E-state index in [-0.39, 0.29) is 12.3 Å². The zero-order valence-electron chi connectivity index (χ0n) is 11.0. The van der Waals surface area contributed by atoms with Crippen LogP contribution >= 0.6 is 11.3 Å². The molecular weight excluding hydrogens is 278 g/mol. The monoisotopic (exact) mass is 295 g/mol. The molecule has 0 fully saturated rings. The normalized spacial score (nSPS) is 10.6. The van der Waals surface area contributed by atoms with Crippen molar-refractivity contribution in [2.45, 2.75) is 19.4 Å². The van der Waals surface area contributed by atoms with Gasteiger partial charge >= 0.3 is 0 Å². The standard InChI is InChI=1S/C13H17N3O3S/c14-13-16-10(9-20-13)7-12(17)15-4-2-5-18-8-11-3-1-6-19-11/h1,3,6,9H,2,4-5,7-8H2,(H2,14,16)(H,15,17). The summed E-state index contributed by atoms with van der Waals surface area (Å²) in [6, 6.07) is 3.69. The van der Waals surface area contributed by atoms with Gasteiger partial charge in [0.05, 0.1) is 18.4 Å². The molecular formula is C13H17N3O3S. The van der Waals surface area contributed by atoms with Gasteiger partial charge in [-0.25, -0.2) is 4.98 Å². The van der Waals surface area contributed by atoms with Crippen molar-refractivity contribution in [3.63, 3.8) is 0 Å². The maximum Gasteiger partial charge on any atom is 0.226 e. The second kappa shape index (κ2) is 7.66. The number of aromatic nitrogens is 1. The average molecular weight is 295 g/mol. The van der Waals surface area contributed by atoms with Gasteiger partial charge in [0.15, 0.2) is 5.13 Å². The molecule has 3 N–H and O–H groups in total. The molecule has 0 aliphatic heterocycles. The molecule has 20 heavy (non-hydrogen) atoms. The Bertz CT molecular complexity index is 525. The van der Waals surface area contributed by atoms with Crippen molar-refractivity contribution in [3.8, 4) is 0 Å². The van der Waals surface area contributed by atoms with E-state index in [0.717, 1.165) is 12.2 Å². The minimum atomic E-state index is -0.0543. The number of amides is 1. The van der Waals surface area contributed by atoms with Crippen molar-refractivity contribution in [3.05, 3.63) is 35.2 Å². The van der Waals surface area contributed by atoms with Crippen molar-refractivity contribution < 1.29 is 13.9 Å². The Hall–Kier alpha value is -1.86. The molecule has 1 amide bonds. The van der Waals surface area contributed by atoms with Crippen LogP contribution in [0.25, 0.3) is 0 Å². The van der Waals surface area contributed by atoms with E-state index in [1.807, 2.05) is 12.1 Å².